The van der Waals surface area contributed by atoms with Crippen molar-refractivity contribution >= 4 is 5.97 Å². The minimum atomic E-state index is -0.594. The Morgan fingerprint density at radius 3 is 2.72 bits per heavy atom. The fourth-order valence-corrected chi connectivity index (χ4v) is 8.24. The first-order valence-corrected chi connectivity index (χ1v) is 10.4. The molecule has 0 aromatic heterocycles. The third-order valence-electron chi connectivity index (χ3n) is 9.54. The number of ether oxygens (including phenoxy) is 3. The van der Waals surface area contributed by atoms with Crippen molar-refractivity contribution in [1.82, 2.24) is 0 Å². The van der Waals surface area contributed by atoms with Crippen molar-refractivity contribution in [3.63, 3.8) is 0 Å². The summed E-state index contributed by atoms with van der Waals surface area (Å²) in [7, 11) is 0. The quantitative estimate of drug-likeness (QED) is 0.537. The molecule has 0 aromatic rings. The molecule has 6 rings (SSSR count). The monoisotopic (exact) mass is 346 g/mol. The zero-order valence-corrected chi connectivity index (χ0v) is 15.6. The third kappa shape index (κ3) is 1.74. The summed E-state index contributed by atoms with van der Waals surface area (Å²) in [6.45, 7) is 6.44. The number of fused-ring (bicyclic) bond motifs is 8. The van der Waals surface area contributed by atoms with Crippen LogP contribution in [0.1, 0.15) is 65.7 Å². The molecule has 4 heteroatoms. The molecular weight excluding hydrogens is 316 g/mol. The Hall–Kier alpha value is -0.610. The molecule has 4 saturated carbocycles. The lowest BCUT2D eigenvalue weighted by Gasteiger charge is -2.60. The molecule has 2 aliphatic heterocycles. The molecule has 10 atom stereocenters. The normalized spacial score (nSPS) is 63.4. The van der Waals surface area contributed by atoms with Gasteiger partial charge in [0.15, 0.2) is 0 Å². The van der Waals surface area contributed by atoms with Crippen LogP contribution in [0.5, 0.6) is 0 Å². The van der Waals surface area contributed by atoms with Gasteiger partial charge in [0.2, 0.25) is 5.79 Å². The van der Waals surface area contributed by atoms with Gasteiger partial charge < -0.3 is 14.2 Å². The van der Waals surface area contributed by atoms with Gasteiger partial charge in [-0.1, -0.05) is 13.8 Å². The maximum Gasteiger partial charge on any atom is 0.305 e. The molecule has 2 heterocycles. The summed E-state index contributed by atoms with van der Waals surface area (Å²) >= 11 is 0. The number of hydrogen-bond donors (Lipinski definition) is 0. The predicted molar refractivity (Wildman–Crippen MR) is 90.5 cm³/mol. The van der Waals surface area contributed by atoms with Gasteiger partial charge in [-0.15, -0.1) is 0 Å². The lowest BCUT2D eigenvalue weighted by molar-refractivity contribution is -0.198. The molecule has 4 nitrogen and oxygen atoms in total. The zero-order valence-electron chi connectivity index (χ0n) is 15.6. The summed E-state index contributed by atoms with van der Waals surface area (Å²) in [6.07, 6.45) is 10.1. The Morgan fingerprint density at radius 1 is 1.08 bits per heavy atom. The molecule has 0 bridgehead atoms. The van der Waals surface area contributed by atoms with Crippen molar-refractivity contribution in [2.45, 2.75) is 89.8 Å². The fourth-order valence-electron chi connectivity index (χ4n) is 8.24. The second-order valence-corrected chi connectivity index (χ2v) is 10.4. The van der Waals surface area contributed by atoms with Gasteiger partial charge in [0.1, 0.15) is 6.10 Å². The zero-order chi connectivity index (χ0) is 17.2. The van der Waals surface area contributed by atoms with Crippen molar-refractivity contribution in [2.75, 3.05) is 0 Å². The van der Waals surface area contributed by atoms with Crippen molar-refractivity contribution in [3.8, 4) is 0 Å². The Bertz CT molecular complexity index is 648. The number of carbonyl (C=O) groups is 1. The molecule has 4 aliphatic carbocycles. The molecule has 6 aliphatic rings. The SMILES string of the molecule is CC(=O)OC12OC1C[C@H]1[C@@H]3CCC4CC5OC5C[C@]4(C)[C@H]3CC[C@@]12C. The Labute approximate surface area is 150 Å². The van der Waals surface area contributed by atoms with Crippen LogP contribution in [0, 0.1) is 34.5 Å². The molecule has 138 valence electrons. The largest absolute Gasteiger partial charge is 0.430 e. The minimum Gasteiger partial charge on any atom is -0.430 e. The highest BCUT2D eigenvalue weighted by Gasteiger charge is 2.80. The number of rotatable bonds is 1. The number of esters is 1. The van der Waals surface area contributed by atoms with E-state index >= 15 is 0 Å². The van der Waals surface area contributed by atoms with Crippen molar-refractivity contribution < 1.29 is 19.0 Å². The summed E-state index contributed by atoms with van der Waals surface area (Å²) in [6, 6.07) is 0. The average Bonchev–Trinajstić information content (AvgIpc) is 3.42. The summed E-state index contributed by atoms with van der Waals surface area (Å²) in [5, 5.41) is 0. The van der Waals surface area contributed by atoms with Crippen LogP contribution in [0.2, 0.25) is 0 Å². The van der Waals surface area contributed by atoms with Crippen LogP contribution in [0.4, 0.5) is 0 Å². The van der Waals surface area contributed by atoms with Gasteiger partial charge >= 0.3 is 5.97 Å². The summed E-state index contributed by atoms with van der Waals surface area (Å²) in [5.74, 6) is 2.33. The smallest absolute Gasteiger partial charge is 0.305 e. The van der Waals surface area contributed by atoms with Crippen LogP contribution in [0.3, 0.4) is 0 Å². The predicted octanol–water partition coefficient (Wildman–Crippen LogP) is 3.67. The maximum atomic E-state index is 11.7. The van der Waals surface area contributed by atoms with Crippen LogP contribution in [-0.4, -0.2) is 30.1 Å². The van der Waals surface area contributed by atoms with Crippen molar-refractivity contribution in [1.29, 1.82) is 0 Å². The second-order valence-electron chi connectivity index (χ2n) is 10.4. The Balaban J connectivity index is 1.32. The topological polar surface area (TPSA) is 51.4 Å². The average molecular weight is 346 g/mol. The van der Waals surface area contributed by atoms with Crippen LogP contribution >= 0.6 is 0 Å². The van der Waals surface area contributed by atoms with Gasteiger partial charge in [0, 0.05) is 12.3 Å². The van der Waals surface area contributed by atoms with E-state index in [-0.39, 0.29) is 17.5 Å². The standard InChI is InChI=1S/C21H30O4/c1-11(22)24-21-18(25-21)9-15-13-5-4-12-8-16-17(23-16)10-19(12,2)14(13)6-7-20(15,21)3/h12-18H,4-10H2,1-3H3/t12?,13-,14+,15+,16?,17?,18?,19+,20+,21?/m1/s1. The van der Waals surface area contributed by atoms with Gasteiger partial charge in [0.25, 0.3) is 0 Å². The Kier molecular flexibility index (Phi) is 2.74. The molecule has 0 aromatic carbocycles. The van der Waals surface area contributed by atoms with E-state index in [1.165, 1.54) is 39.0 Å². The van der Waals surface area contributed by atoms with Gasteiger partial charge in [0.05, 0.1) is 12.2 Å². The lowest BCUT2D eigenvalue weighted by Crippen LogP contribution is -2.56. The summed E-state index contributed by atoms with van der Waals surface area (Å²) in [4.78, 5) is 11.7. The lowest BCUT2D eigenvalue weighted by atomic mass is 9.45. The molecule has 6 fully saturated rings. The van der Waals surface area contributed by atoms with E-state index in [1.54, 1.807) is 0 Å². The molecule has 25 heavy (non-hydrogen) atoms. The molecule has 5 unspecified atom stereocenters. The Morgan fingerprint density at radius 2 is 1.92 bits per heavy atom. The van der Waals surface area contributed by atoms with E-state index in [4.69, 9.17) is 14.2 Å². The van der Waals surface area contributed by atoms with Crippen molar-refractivity contribution in [3.05, 3.63) is 0 Å². The van der Waals surface area contributed by atoms with Crippen LogP contribution in [-0.2, 0) is 19.0 Å². The first-order chi connectivity index (χ1) is 11.9. The molecular formula is C21H30O4. The highest BCUT2D eigenvalue weighted by atomic mass is 16.8. The number of epoxide rings is 2. The van der Waals surface area contributed by atoms with Gasteiger partial charge in [-0.05, 0) is 74.0 Å². The summed E-state index contributed by atoms with van der Waals surface area (Å²) in [5.41, 5.74) is 0.477. The molecule has 0 N–H and O–H groups in total. The molecule has 0 spiro atoms. The van der Waals surface area contributed by atoms with Gasteiger partial charge in [-0.3, -0.25) is 4.79 Å². The van der Waals surface area contributed by atoms with E-state index in [0.717, 1.165) is 30.6 Å². The highest BCUT2D eigenvalue weighted by molar-refractivity contribution is 5.67. The molecule has 0 radical (unpaired) electrons. The second kappa shape index (κ2) is 4.44. The van der Waals surface area contributed by atoms with Crippen LogP contribution < -0.4 is 0 Å². The number of hydrogen-bond acceptors (Lipinski definition) is 4. The highest BCUT2D eigenvalue weighted by Crippen LogP contribution is 2.74. The third-order valence-corrected chi connectivity index (χ3v) is 9.54. The first-order valence-electron chi connectivity index (χ1n) is 10.4. The first kappa shape index (κ1) is 15.4. The van der Waals surface area contributed by atoms with E-state index in [1.807, 2.05) is 0 Å². The van der Waals surface area contributed by atoms with Gasteiger partial charge in [-0.2, -0.15) is 0 Å². The molecule has 0 amide bonds. The summed E-state index contributed by atoms with van der Waals surface area (Å²) < 4.78 is 17.7. The van der Waals surface area contributed by atoms with Crippen LogP contribution in [0.15, 0.2) is 0 Å². The fraction of sp³-hybridized carbons (Fsp3) is 0.952. The van der Waals surface area contributed by atoms with Crippen LogP contribution in [0.25, 0.3) is 0 Å². The van der Waals surface area contributed by atoms with E-state index < -0.39 is 5.79 Å². The minimum absolute atomic E-state index is 0.0149. The molecule has 2 saturated heterocycles. The van der Waals surface area contributed by atoms with E-state index in [0.29, 0.717) is 23.5 Å². The van der Waals surface area contributed by atoms with E-state index in [2.05, 4.69) is 13.8 Å². The van der Waals surface area contributed by atoms with E-state index in [9.17, 15) is 4.79 Å². The van der Waals surface area contributed by atoms with Gasteiger partial charge in [-0.25, -0.2) is 0 Å². The number of carbonyl (C=O) groups excluding carboxylic acids is 1. The maximum absolute atomic E-state index is 11.7. The van der Waals surface area contributed by atoms with Crippen molar-refractivity contribution in [2.24, 2.45) is 34.5 Å².